The Bertz CT molecular complexity index is 624. The second-order valence-corrected chi connectivity index (χ2v) is 8.79. The van der Waals surface area contributed by atoms with E-state index in [1.54, 1.807) is 0 Å². The second kappa shape index (κ2) is 13.6. The minimum atomic E-state index is -1.09. The number of carboxylic acid groups (broad SMARTS) is 1. The minimum Gasteiger partial charge on any atom is -0.550 e. The number of aliphatic carboxylic acids is 1. The molecule has 1 aliphatic heterocycles. The summed E-state index contributed by atoms with van der Waals surface area (Å²) >= 11 is 0. The number of piperidine rings is 1. The van der Waals surface area contributed by atoms with Crippen LogP contribution >= 0.6 is 0 Å². The van der Waals surface area contributed by atoms with Gasteiger partial charge in [0.15, 0.2) is 0 Å². The predicted molar refractivity (Wildman–Crippen MR) is 111 cm³/mol. The first-order valence-corrected chi connectivity index (χ1v) is 10.9. The number of carboxylic acids is 1. The van der Waals surface area contributed by atoms with E-state index in [4.69, 9.17) is 0 Å². The normalized spacial score (nSPS) is 16.8. The van der Waals surface area contributed by atoms with Crippen molar-refractivity contribution in [2.75, 3.05) is 19.6 Å². The molecule has 0 N–H and O–H groups in total. The van der Waals surface area contributed by atoms with E-state index < -0.39 is 11.9 Å². The zero-order chi connectivity index (χ0) is 20.5. The number of rotatable bonds is 11. The summed E-state index contributed by atoms with van der Waals surface area (Å²) in [6, 6.07) is 8.16. The maximum Gasteiger partial charge on any atom is 1.00 e. The Morgan fingerprint density at radius 1 is 1.03 bits per heavy atom. The van der Waals surface area contributed by atoms with Crippen molar-refractivity contribution in [3.05, 3.63) is 35.4 Å². The maximum absolute atomic E-state index is 12.7. The molecular weight excluding hydrogens is 373 g/mol. The van der Waals surface area contributed by atoms with Crippen molar-refractivity contribution in [2.24, 2.45) is 11.8 Å². The van der Waals surface area contributed by atoms with Crippen molar-refractivity contribution in [3.63, 3.8) is 0 Å². The number of benzene rings is 1. The minimum absolute atomic E-state index is 0. The molecule has 0 radical (unpaired) electrons. The summed E-state index contributed by atoms with van der Waals surface area (Å²) < 4.78 is 0. The van der Waals surface area contributed by atoms with Gasteiger partial charge >= 0.3 is 29.6 Å². The SMILES string of the molecule is CC(C)Cc1ccc([C@@H](C)C(=O)C[C@@H](CCCN2CCCCC2)C(=O)[O-])cc1.[Na+]. The molecule has 0 spiro atoms. The van der Waals surface area contributed by atoms with E-state index in [2.05, 4.69) is 30.9 Å². The third-order valence-electron chi connectivity index (χ3n) is 5.86. The Kier molecular flexibility index (Phi) is 12.3. The Labute approximate surface area is 198 Å². The van der Waals surface area contributed by atoms with Gasteiger partial charge in [-0.05, 0) is 68.8 Å². The molecule has 5 heteroatoms. The molecule has 29 heavy (non-hydrogen) atoms. The Morgan fingerprint density at radius 3 is 2.21 bits per heavy atom. The number of carbonyl (C=O) groups excluding carboxylic acids is 2. The van der Waals surface area contributed by atoms with Gasteiger partial charge in [-0.2, -0.15) is 0 Å². The van der Waals surface area contributed by atoms with Gasteiger partial charge in [0, 0.05) is 24.2 Å². The van der Waals surface area contributed by atoms with Crippen LogP contribution in [0.3, 0.4) is 0 Å². The van der Waals surface area contributed by atoms with Crippen LogP contribution in [0.4, 0.5) is 0 Å². The number of likely N-dealkylation sites (tertiary alicyclic amines) is 1. The average Bonchev–Trinajstić information content (AvgIpc) is 2.67. The van der Waals surface area contributed by atoms with Crippen LogP contribution in [0.5, 0.6) is 0 Å². The molecule has 2 rings (SSSR count). The van der Waals surface area contributed by atoms with E-state index in [-0.39, 0.29) is 47.7 Å². The molecular formula is C24H36NNaO3. The first kappa shape index (κ1) is 26.4. The predicted octanol–water partition coefficient (Wildman–Crippen LogP) is 0.584. The maximum atomic E-state index is 12.7. The number of hydrogen-bond donors (Lipinski definition) is 0. The third kappa shape index (κ3) is 9.33. The van der Waals surface area contributed by atoms with Crippen molar-refractivity contribution in [1.29, 1.82) is 0 Å². The molecule has 1 heterocycles. The summed E-state index contributed by atoms with van der Waals surface area (Å²) in [5.41, 5.74) is 2.23. The van der Waals surface area contributed by atoms with Crippen LogP contribution in [-0.2, 0) is 16.0 Å². The molecule has 0 amide bonds. The third-order valence-corrected chi connectivity index (χ3v) is 5.86. The summed E-state index contributed by atoms with van der Waals surface area (Å²) in [4.78, 5) is 26.6. The van der Waals surface area contributed by atoms with E-state index in [0.717, 1.165) is 38.0 Å². The van der Waals surface area contributed by atoms with Gasteiger partial charge in [-0.25, -0.2) is 0 Å². The number of hydrogen-bond acceptors (Lipinski definition) is 4. The largest absolute Gasteiger partial charge is 1.00 e. The molecule has 1 aromatic carbocycles. The van der Waals surface area contributed by atoms with E-state index in [9.17, 15) is 14.7 Å². The monoisotopic (exact) mass is 409 g/mol. The van der Waals surface area contributed by atoms with Crippen molar-refractivity contribution >= 4 is 11.8 Å². The Morgan fingerprint density at radius 2 is 1.66 bits per heavy atom. The fraction of sp³-hybridized carbons (Fsp3) is 0.667. The van der Waals surface area contributed by atoms with Crippen molar-refractivity contribution in [2.45, 2.75) is 71.6 Å². The summed E-state index contributed by atoms with van der Waals surface area (Å²) in [6.45, 7) is 9.39. The van der Waals surface area contributed by atoms with Crippen LogP contribution in [-0.4, -0.2) is 36.3 Å². The number of Topliss-reactive ketones (excluding diaryl/α,β-unsaturated/α-hetero) is 1. The van der Waals surface area contributed by atoms with Gasteiger partial charge in [0.25, 0.3) is 0 Å². The zero-order valence-electron chi connectivity index (χ0n) is 18.8. The van der Waals surface area contributed by atoms with Gasteiger partial charge in [-0.3, -0.25) is 4.79 Å². The Hall–Kier alpha value is -0.680. The average molecular weight is 410 g/mol. The fourth-order valence-electron chi connectivity index (χ4n) is 4.07. The van der Waals surface area contributed by atoms with E-state index in [0.29, 0.717) is 12.3 Å². The summed E-state index contributed by atoms with van der Waals surface area (Å²) in [6.07, 6.45) is 6.17. The Balaban J connectivity index is 0.00000420. The van der Waals surface area contributed by atoms with Crippen molar-refractivity contribution in [1.82, 2.24) is 4.90 Å². The van der Waals surface area contributed by atoms with Gasteiger partial charge in [0.2, 0.25) is 0 Å². The van der Waals surface area contributed by atoms with E-state index in [1.807, 2.05) is 19.1 Å². The smallest absolute Gasteiger partial charge is 0.550 e. The van der Waals surface area contributed by atoms with Crippen LogP contribution in [0.2, 0.25) is 0 Å². The van der Waals surface area contributed by atoms with Crippen LogP contribution in [0.1, 0.15) is 76.3 Å². The van der Waals surface area contributed by atoms with Gasteiger partial charge in [0.05, 0.1) is 0 Å². The zero-order valence-corrected chi connectivity index (χ0v) is 20.8. The standard InChI is InChI=1S/C24H37NO3.Na/c1-18(2)16-20-9-11-21(12-10-20)19(3)23(26)17-22(24(27)28)8-7-15-25-13-5-4-6-14-25;/h9-12,18-19,22H,4-8,13-17H2,1-3H3,(H,27,28);/q;+1/p-1/t19-,22-;/m1./s1. The number of carbonyl (C=O) groups is 2. The molecule has 0 aromatic heterocycles. The summed E-state index contributed by atoms with van der Waals surface area (Å²) in [5, 5.41) is 11.5. The van der Waals surface area contributed by atoms with Crippen molar-refractivity contribution in [3.8, 4) is 0 Å². The quantitative estimate of drug-likeness (QED) is 0.502. The number of ketones is 1. The molecule has 0 saturated carbocycles. The number of nitrogens with zero attached hydrogens (tertiary/aromatic N) is 1. The molecule has 1 aliphatic rings. The summed E-state index contributed by atoms with van der Waals surface area (Å²) in [7, 11) is 0. The molecule has 2 atom stereocenters. The molecule has 4 nitrogen and oxygen atoms in total. The first-order valence-electron chi connectivity index (χ1n) is 10.9. The molecule has 1 fully saturated rings. The molecule has 1 saturated heterocycles. The molecule has 0 bridgehead atoms. The first-order chi connectivity index (χ1) is 13.4. The topological polar surface area (TPSA) is 60.4 Å². The second-order valence-electron chi connectivity index (χ2n) is 8.79. The van der Waals surface area contributed by atoms with Crippen LogP contribution in [0, 0.1) is 11.8 Å². The van der Waals surface area contributed by atoms with Gasteiger partial charge in [-0.15, -0.1) is 0 Å². The van der Waals surface area contributed by atoms with E-state index >= 15 is 0 Å². The van der Waals surface area contributed by atoms with Gasteiger partial charge < -0.3 is 14.8 Å². The van der Waals surface area contributed by atoms with E-state index in [1.165, 1.54) is 24.8 Å². The van der Waals surface area contributed by atoms with Crippen LogP contribution in [0.15, 0.2) is 24.3 Å². The fourth-order valence-corrected chi connectivity index (χ4v) is 4.07. The molecule has 0 unspecified atom stereocenters. The summed E-state index contributed by atoms with van der Waals surface area (Å²) in [5.74, 6) is -1.47. The molecule has 156 valence electrons. The van der Waals surface area contributed by atoms with Gasteiger partial charge in [0.1, 0.15) is 5.78 Å². The van der Waals surface area contributed by atoms with Crippen molar-refractivity contribution < 1.29 is 44.3 Å². The molecule has 0 aliphatic carbocycles. The molecule has 1 aromatic rings. The van der Waals surface area contributed by atoms with Gasteiger partial charge in [-0.1, -0.05) is 51.5 Å². The van der Waals surface area contributed by atoms with Crippen LogP contribution in [0.25, 0.3) is 0 Å². The van der Waals surface area contributed by atoms with Crippen LogP contribution < -0.4 is 34.7 Å².